The minimum Gasteiger partial charge on any atom is -0.323 e. The zero-order valence-corrected chi connectivity index (χ0v) is 10.5. The molecule has 2 rings (SSSR count). The molecule has 0 aromatic heterocycles. The SMILES string of the molecule is C=C1C(=O)C(NC(C)=O)=C(C)C1c1ccccc1. The van der Waals surface area contributed by atoms with Gasteiger partial charge in [-0.1, -0.05) is 36.9 Å². The lowest BCUT2D eigenvalue weighted by Gasteiger charge is -2.12. The number of allylic oxidation sites excluding steroid dienone is 2. The molecule has 0 heterocycles. The van der Waals surface area contributed by atoms with E-state index in [2.05, 4.69) is 11.9 Å². The Kier molecular flexibility index (Phi) is 3.15. The number of amides is 1. The Bertz CT molecular complexity index is 555. The molecule has 3 nitrogen and oxygen atoms in total. The third kappa shape index (κ3) is 1.99. The Labute approximate surface area is 106 Å². The second kappa shape index (κ2) is 4.61. The first-order valence-corrected chi connectivity index (χ1v) is 5.79. The highest BCUT2D eigenvalue weighted by Gasteiger charge is 2.34. The summed E-state index contributed by atoms with van der Waals surface area (Å²) in [5, 5.41) is 2.60. The lowest BCUT2D eigenvalue weighted by Crippen LogP contribution is -2.23. The normalized spacial score (nSPS) is 19.3. The van der Waals surface area contributed by atoms with Gasteiger partial charge < -0.3 is 5.32 Å². The second-order valence-electron chi connectivity index (χ2n) is 4.44. The van der Waals surface area contributed by atoms with Gasteiger partial charge in [-0.25, -0.2) is 0 Å². The van der Waals surface area contributed by atoms with E-state index in [9.17, 15) is 9.59 Å². The van der Waals surface area contributed by atoms with E-state index in [0.717, 1.165) is 11.1 Å². The molecule has 1 aromatic rings. The molecule has 1 unspecified atom stereocenters. The van der Waals surface area contributed by atoms with Gasteiger partial charge in [-0.05, 0) is 18.1 Å². The van der Waals surface area contributed by atoms with Crippen LogP contribution in [0.5, 0.6) is 0 Å². The molecule has 18 heavy (non-hydrogen) atoms. The van der Waals surface area contributed by atoms with Crippen molar-refractivity contribution in [1.82, 2.24) is 5.32 Å². The Morgan fingerprint density at radius 2 is 1.89 bits per heavy atom. The van der Waals surface area contributed by atoms with Gasteiger partial charge in [0.05, 0.1) is 5.70 Å². The summed E-state index contributed by atoms with van der Waals surface area (Å²) in [5.41, 5.74) is 2.77. The van der Waals surface area contributed by atoms with Crippen LogP contribution in [0, 0.1) is 0 Å². The molecule has 1 amide bonds. The fraction of sp³-hybridized carbons (Fsp3) is 0.200. The van der Waals surface area contributed by atoms with Crippen LogP contribution < -0.4 is 5.32 Å². The number of nitrogens with one attached hydrogen (secondary N) is 1. The molecular formula is C15H15NO2. The van der Waals surface area contributed by atoms with E-state index in [1.807, 2.05) is 37.3 Å². The number of carbonyl (C=O) groups is 2. The smallest absolute Gasteiger partial charge is 0.221 e. The first-order valence-electron chi connectivity index (χ1n) is 5.79. The van der Waals surface area contributed by atoms with Crippen molar-refractivity contribution in [2.24, 2.45) is 0 Å². The number of hydrogen-bond donors (Lipinski definition) is 1. The first kappa shape index (κ1) is 12.3. The molecule has 0 spiro atoms. The van der Waals surface area contributed by atoms with E-state index >= 15 is 0 Å². The molecule has 1 N–H and O–H groups in total. The van der Waals surface area contributed by atoms with E-state index < -0.39 is 0 Å². The summed E-state index contributed by atoms with van der Waals surface area (Å²) >= 11 is 0. The van der Waals surface area contributed by atoms with Gasteiger partial charge in [0.15, 0.2) is 0 Å². The van der Waals surface area contributed by atoms with Gasteiger partial charge in [-0.2, -0.15) is 0 Å². The van der Waals surface area contributed by atoms with Gasteiger partial charge in [0.25, 0.3) is 0 Å². The maximum Gasteiger partial charge on any atom is 0.221 e. The lowest BCUT2D eigenvalue weighted by atomic mass is 9.90. The van der Waals surface area contributed by atoms with Gasteiger partial charge >= 0.3 is 0 Å². The third-order valence-corrected chi connectivity index (χ3v) is 3.13. The molecular weight excluding hydrogens is 226 g/mol. The van der Waals surface area contributed by atoms with Crippen LogP contribution >= 0.6 is 0 Å². The maximum atomic E-state index is 12.1. The predicted octanol–water partition coefficient (Wildman–Crippen LogP) is 2.32. The molecule has 0 aliphatic heterocycles. The van der Waals surface area contributed by atoms with Gasteiger partial charge in [0, 0.05) is 18.4 Å². The third-order valence-electron chi connectivity index (χ3n) is 3.13. The van der Waals surface area contributed by atoms with Crippen molar-refractivity contribution in [2.75, 3.05) is 0 Å². The zero-order chi connectivity index (χ0) is 13.3. The monoisotopic (exact) mass is 241 g/mol. The Morgan fingerprint density at radius 3 is 2.44 bits per heavy atom. The Morgan fingerprint density at radius 1 is 1.28 bits per heavy atom. The molecule has 1 atom stereocenters. The molecule has 1 aliphatic rings. The number of benzene rings is 1. The predicted molar refractivity (Wildman–Crippen MR) is 69.8 cm³/mol. The Hall–Kier alpha value is -2.16. The molecule has 1 aromatic carbocycles. The standard InChI is InChI=1S/C15H15NO2/c1-9-13(12-7-5-4-6-8-12)10(2)15(18)14(9)16-11(3)17/h4-8,13H,2H2,1,3H3,(H,16,17). The van der Waals surface area contributed by atoms with E-state index in [1.165, 1.54) is 6.92 Å². The van der Waals surface area contributed by atoms with Gasteiger partial charge in [0.2, 0.25) is 11.7 Å². The van der Waals surface area contributed by atoms with Crippen LogP contribution in [-0.2, 0) is 9.59 Å². The first-order chi connectivity index (χ1) is 8.52. The van der Waals surface area contributed by atoms with E-state index in [4.69, 9.17) is 0 Å². The second-order valence-corrected chi connectivity index (χ2v) is 4.44. The number of hydrogen-bond acceptors (Lipinski definition) is 2. The van der Waals surface area contributed by atoms with Crippen molar-refractivity contribution < 1.29 is 9.59 Å². The molecule has 92 valence electrons. The van der Waals surface area contributed by atoms with E-state index in [-0.39, 0.29) is 17.6 Å². The van der Waals surface area contributed by atoms with Gasteiger partial charge in [-0.15, -0.1) is 0 Å². The van der Waals surface area contributed by atoms with Crippen molar-refractivity contribution in [2.45, 2.75) is 19.8 Å². The summed E-state index contributed by atoms with van der Waals surface area (Å²) in [7, 11) is 0. The average Bonchev–Trinajstić information content (AvgIpc) is 2.54. The molecule has 0 saturated heterocycles. The molecule has 3 heteroatoms. The summed E-state index contributed by atoms with van der Waals surface area (Å²) in [5.74, 6) is -0.531. The maximum absolute atomic E-state index is 12.1. The summed E-state index contributed by atoms with van der Waals surface area (Å²) < 4.78 is 0. The van der Waals surface area contributed by atoms with E-state index in [1.54, 1.807) is 0 Å². The van der Waals surface area contributed by atoms with Crippen molar-refractivity contribution >= 4 is 11.7 Å². The quantitative estimate of drug-likeness (QED) is 0.808. The van der Waals surface area contributed by atoms with Crippen LogP contribution in [0.1, 0.15) is 25.3 Å². The number of Topliss-reactive ketones (excluding diaryl/α,β-unsaturated/α-hetero) is 1. The number of carbonyl (C=O) groups excluding carboxylic acids is 2. The lowest BCUT2D eigenvalue weighted by molar-refractivity contribution is -0.120. The van der Waals surface area contributed by atoms with Crippen LogP contribution in [-0.4, -0.2) is 11.7 Å². The average molecular weight is 241 g/mol. The summed E-state index contributed by atoms with van der Waals surface area (Å²) in [4.78, 5) is 23.2. The van der Waals surface area contributed by atoms with Gasteiger partial charge in [-0.3, -0.25) is 9.59 Å². The fourth-order valence-corrected chi connectivity index (χ4v) is 2.30. The highest BCUT2D eigenvalue weighted by molar-refractivity contribution is 6.14. The number of rotatable bonds is 2. The summed E-state index contributed by atoms with van der Waals surface area (Å²) in [6.07, 6.45) is 0. The molecule has 0 bridgehead atoms. The summed E-state index contributed by atoms with van der Waals surface area (Å²) in [6.45, 7) is 7.11. The van der Waals surface area contributed by atoms with Crippen LogP contribution in [0.25, 0.3) is 0 Å². The highest BCUT2D eigenvalue weighted by atomic mass is 16.2. The van der Waals surface area contributed by atoms with Gasteiger partial charge in [0.1, 0.15) is 0 Å². The van der Waals surface area contributed by atoms with Crippen molar-refractivity contribution in [1.29, 1.82) is 0 Å². The summed E-state index contributed by atoms with van der Waals surface area (Å²) in [6, 6.07) is 9.71. The zero-order valence-electron chi connectivity index (χ0n) is 10.5. The van der Waals surface area contributed by atoms with Crippen molar-refractivity contribution in [3.05, 3.63) is 59.3 Å². The van der Waals surface area contributed by atoms with Crippen LogP contribution in [0.2, 0.25) is 0 Å². The molecule has 0 radical (unpaired) electrons. The van der Waals surface area contributed by atoms with Crippen LogP contribution in [0.4, 0.5) is 0 Å². The largest absolute Gasteiger partial charge is 0.323 e. The van der Waals surface area contributed by atoms with Crippen molar-refractivity contribution in [3.8, 4) is 0 Å². The molecule has 1 aliphatic carbocycles. The van der Waals surface area contributed by atoms with Crippen LogP contribution in [0.15, 0.2) is 53.8 Å². The van der Waals surface area contributed by atoms with Crippen LogP contribution in [0.3, 0.4) is 0 Å². The van der Waals surface area contributed by atoms with E-state index in [0.29, 0.717) is 11.3 Å². The highest BCUT2D eigenvalue weighted by Crippen LogP contribution is 2.39. The molecule has 0 saturated carbocycles. The minimum atomic E-state index is -0.237. The van der Waals surface area contributed by atoms with Crippen molar-refractivity contribution in [3.63, 3.8) is 0 Å². The minimum absolute atomic E-state index is 0.124. The number of ketones is 1. The molecule has 0 fully saturated rings. The Balaban J connectivity index is 2.44. The fourth-order valence-electron chi connectivity index (χ4n) is 2.30. The topological polar surface area (TPSA) is 46.2 Å².